The monoisotopic (exact) mass is 422 g/mol. The summed E-state index contributed by atoms with van der Waals surface area (Å²) in [5, 5.41) is 3.11. The number of carbonyl (C=O) groups excluding carboxylic acids is 3. The minimum absolute atomic E-state index is 0.0166. The number of hydrogen-bond donors (Lipinski definition) is 2. The molecule has 0 aromatic rings. The van der Waals surface area contributed by atoms with Crippen LogP contribution in [0, 0.1) is 11.8 Å². The maximum absolute atomic E-state index is 13.1. The van der Waals surface area contributed by atoms with Crippen molar-refractivity contribution >= 4 is 17.7 Å². The molecule has 1 saturated heterocycles. The first kappa shape index (κ1) is 23.0. The van der Waals surface area contributed by atoms with Crippen LogP contribution in [0.3, 0.4) is 0 Å². The van der Waals surface area contributed by atoms with E-state index in [4.69, 9.17) is 10.5 Å². The number of carbonyl (C=O) groups is 3. The Hall–Kier alpha value is -1.67. The molecule has 0 radical (unpaired) electrons. The van der Waals surface area contributed by atoms with E-state index >= 15 is 0 Å². The van der Waals surface area contributed by atoms with Crippen molar-refractivity contribution in [3.8, 4) is 0 Å². The number of nitrogens with one attached hydrogen (secondary N) is 1. The summed E-state index contributed by atoms with van der Waals surface area (Å²) in [7, 11) is 1.53. The van der Waals surface area contributed by atoms with Crippen LogP contribution in [0.4, 0.5) is 0 Å². The summed E-state index contributed by atoms with van der Waals surface area (Å²) in [5.41, 5.74) is 5.77. The van der Waals surface area contributed by atoms with Crippen molar-refractivity contribution in [1.29, 1.82) is 0 Å². The first-order valence-electron chi connectivity index (χ1n) is 11.5. The van der Waals surface area contributed by atoms with Crippen molar-refractivity contribution < 1.29 is 19.1 Å². The molecule has 3 rings (SSSR count). The van der Waals surface area contributed by atoms with Crippen LogP contribution in [0.5, 0.6) is 0 Å². The third-order valence-electron chi connectivity index (χ3n) is 7.04. The van der Waals surface area contributed by atoms with Crippen molar-refractivity contribution in [2.24, 2.45) is 17.6 Å². The Labute approximate surface area is 179 Å². The van der Waals surface area contributed by atoms with Crippen LogP contribution in [0.2, 0.25) is 0 Å². The van der Waals surface area contributed by atoms with Crippen molar-refractivity contribution in [2.45, 2.75) is 76.4 Å². The molecule has 2 atom stereocenters. The zero-order chi connectivity index (χ0) is 21.7. The lowest BCUT2D eigenvalue weighted by Gasteiger charge is -2.42. The Bertz CT molecular complexity index is 616. The van der Waals surface area contributed by atoms with Gasteiger partial charge in [-0.3, -0.25) is 14.4 Å². The quantitative estimate of drug-likeness (QED) is 0.604. The van der Waals surface area contributed by atoms with Gasteiger partial charge in [-0.05, 0) is 69.7 Å². The average Bonchev–Trinajstić information content (AvgIpc) is 3.57. The van der Waals surface area contributed by atoms with E-state index in [9.17, 15) is 14.4 Å². The van der Waals surface area contributed by atoms with Crippen LogP contribution >= 0.6 is 0 Å². The van der Waals surface area contributed by atoms with Gasteiger partial charge in [-0.2, -0.15) is 0 Å². The first-order valence-corrected chi connectivity index (χ1v) is 11.5. The van der Waals surface area contributed by atoms with Gasteiger partial charge in [0, 0.05) is 39.2 Å². The van der Waals surface area contributed by atoms with E-state index in [0.717, 1.165) is 45.1 Å². The SMILES string of the molecule is COCC(=O)N(C1CC1)C1CCN(C(C)=O)[C@@H](C(=O)NCC2CCC(CN)CC2)C1. The molecular formula is C22H38N4O4. The molecule has 2 saturated carbocycles. The molecule has 1 unspecified atom stereocenters. The highest BCUT2D eigenvalue weighted by atomic mass is 16.5. The largest absolute Gasteiger partial charge is 0.375 e. The van der Waals surface area contributed by atoms with Crippen LogP contribution in [0.1, 0.15) is 58.3 Å². The van der Waals surface area contributed by atoms with Crippen LogP contribution in [-0.2, 0) is 19.1 Å². The number of amides is 3. The third-order valence-corrected chi connectivity index (χ3v) is 7.04. The Morgan fingerprint density at radius 3 is 2.27 bits per heavy atom. The predicted molar refractivity (Wildman–Crippen MR) is 113 cm³/mol. The zero-order valence-corrected chi connectivity index (χ0v) is 18.5. The normalized spacial score (nSPS) is 29.4. The average molecular weight is 423 g/mol. The summed E-state index contributed by atoms with van der Waals surface area (Å²) in [6.45, 7) is 3.48. The number of ether oxygens (including phenoxy) is 1. The van der Waals surface area contributed by atoms with Gasteiger partial charge in [-0.25, -0.2) is 0 Å². The van der Waals surface area contributed by atoms with Crippen LogP contribution < -0.4 is 11.1 Å². The highest BCUT2D eigenvalue weighted by Crippen LogP contribution is 2.34. The molecule has 0 aromatic carbocycles. The van der Waals surface area contributed by atoms with E-state index in [0.29, 0.717) is 37.8 Å². The van der Waals surface area contributed by atoms with Crippen molar-refractivity contribution in [1.82, 2.24) is 15.1 Å². The molecule has 3 N–H and O–H groups in total. The molecule has 3 aliphatic rings. The second-order valence-corrected chi connectivity index (χ2v) is 9.24. The zero-order valence-electron chi connectivity index (χ0n) is 18.5. The number of methoxy groups -OCH3 is 1. The van der Waals surface area contributed by atoms with Gasteiger partial charge in [0.05, 0.1) is 0 Å². The fourth-order valence-electron chi connectivity index (χ4n) is 5.12. The standard InChI is InChI=1S/C22H38N4O4/c1-15(27)25-10-9-19(26(18-7-8-18)21(28)14-30-2)11-20(25)22(29)24-13-17-5-3-16(12-23)4-6-17/h16-20H,3-14,23H2,1-2H3,(H,24,29)/t16?,17?,19?,20-/m1/s1. The molecule has 1 heterocycles. The maximum atomic E-state index is 13.1. The summed E-state index contributed by atoms with van der Waals surface area (Å²) in [6, 6.07) is -0.285. The fraction of sp³-hybridized carbons (Fsp3) is 0.864. The molecule has 8 heteroatoms. The molecule has 3 amide bonds. The second-order valence-electron chi connectivity index (χ2n) is 9.24. The smallest absolute Gasteiger partial charge is 0.249 e. The van der Waals surface area contributed by atoms with Gasteiger partial charge >= 0.3 is 0 Å². The minimum Gasteiger partial charge on any atom is -0.375 e. The van der Waals surface area contributed by atoms with Gasteiger partial charge < -0.3 is 25.6 Å². The second kappa shape index (κ2) is 10.6. The maximum Gasteiger partial charge on any atom is 0.249 e. The van der Waals surface area contributed by atoms with Gasteiger partial charge in [0.25, 0.3) is 0 Å². The van der Waals surface area contributed by atoms with Gasteiger partial charge in [-0.1, -0.05) is 0 Å². The number of nitrogens with two attached hydrogens (primary N) is 1. The molecule has 170 valence electrons. The summed E-state index contributed by atoms with van der Waals surface area (Å²) in [4.78, 5) is 41.5. The van der Waals surface area contributed by atoms with E-state index in [2.05, 4.69) is 5.32 Å². The van der Waals surface area contributed by atoms with E-state index in [1.807, 2.05) is 4.90 Å². The highest BCUT2D eigenvalue weighted by Gasteiger charge is 2.43. The number of piperidine rings is 1. The molecule has 30 heavy (non-hydrogen) atoms. The van der Waals surface area contributed by atoms with Gasteiger partial charge in [0.2, 0.25) is 17.7 Å². The number of rotatable bonds is 8. The Kier molecular flexibility index (Phi) is 8.11. The van der Waals surface area contributed by atoms with E-state index < -0.39 is 6.04 Å². The van der Waals surface area contributed by atoms with Crippen LogP contribution in [-0.4, -0.2) is 79.0 Å². The lowest BCUT2D eigenvalue weighted by Crippen LogP contribution is -2.58. The summed E-state index contributed by atoms with van der Waals surface area (Å²) < 4.78 is 5.07. The predicted octanol–water partition coefficient (Wildman–Crippen LogP) is 0.885. The molecule has 3 fully saturated rings. The molecule has 0 aromatic heterocycles. The Morgan fingerprint density at radius 1 is 1.03 bits per heavy atom. The van der Waals surface area contributed by atoms with E-state index in [1.54, 1.807) is 4.90 Å². The first-order chi connectivity index (χ1) is 14.4. The number of nitrogens with zero attached hydrogens (tertiary/aromatic N) is 2. The molecule has 2 aliphatic carbocycles. The molecule has 0 spiro atoms. The molecule has 0 bridgehead atoms. The van der Waals surface area contributed by atoms with Crippen molar-refractivity contribution in [3.63, 3.8) is 0 Å². The van der Waals surface area contributed by atoms with E-state index in [1.165, 1.54) is 14.0 Å². The van der Waals surface area contributed by atoms with Crippen molar-refractivity contribution in [3.05, 3.63) is 0 Å². The summed E-state index contributed by atoms with van der Waals surface area (Å²) >= 11 is 0. The van der Waals surface area contributed by atoms with Crippen LogP contribution in [0.15, 0.2) is 0 Å². The minimum atomic E-state index is -0.516. The lowest BCUT2D eigenvalue weighted by molar-refractivity contribution is -0.146. The van der Waals surface area contributed by atoms with Crippen LogP contribution in [0.25, 0.3) is 0 Å². The number of likely N-dealkylation sites (tertiary alicyclic amines) is 1. The highest BCUT2D eigenvalue weighted by molar-refractivity contribution is 5.87. The molecule has 8 nitrogen and oxygen atoms in total. The van der Waals surface area contributed by atoms with Gasteiger partial charge in [0.15, 0.2) is 0 Å². The summed E-state index contributed by atoms with van der Waals surface area (Å²) in [6.07, 6.45) is 7.64. The third kappa shape index (κ3) is 5.72. The Morgan fingerprint density at radius 2 is 1.70 bits per heavy atom. The van der Waals surface area contributed by atoms with Crippen molar-refractivity contribution in [2.75, 3.05) is 33.4 Å². The van der Waals surface area contributed by atoms with Gasteiger partial charge in [-0.15, -0.1) is 0 Å². The molecule has 1 aliphatic heterocycles. The van der Waals surface area contributed by atoms with Gasteiger partial charge in [0.1, 0.15) is 12.6 Å². The topological polar surface area (TPSA) is 105 Å². The van der Waals surface area contributed by atoms with E-state index in [-0.39, 0.29) is 36.4 Å². The Balaban J connectivity index is 1.60. The number of hydrogen-bond acceptors (Lipinski definition) is 5. The molecular weight excluding hydrogens is 384 g/mol. The fourth-order valence-corrected chi connectivity index (χ4v) is 5.12. The summed E-state index contributed by atoms with van der Waals surface area (Å²) in [5.74, 6) is 0.900. The lowest BCUT2D eigenvalue weighted by atomic mass is 9.82.